The lowest BCUT2D eigenvalue weighted by molar-refractivity contribution is -0.384. The smallest absolute Gasteiger partial charge is 0.454 e. The average Bonchev–Trinajstić information content (AvgIpc) is 3.01. The number of nitro benzene ring substituents is 1. The second-order valence-corrected chi connectivity index (χ2v) is 6.14. The Morgan fingerprint density at radius 1 is 1.16 bits per heavy atom. The van der Waals surface area contributed by atoms with Gasteiger partial charge in [0.2, 0.25) is 0 Å². The van der Waals surface area contributed by atoms with E-state index in [0.29, 0.717) is 0 Å². The van der Waals surface area contributed by atoms with Crippen LogP contribution in [0.3, 0.4) is 0 Å². The second-order valence-electron chi connectivity index (χ2n) is 6.14. The van der Waals surface area contributed by atoms with Gasteiger partial charge in [0, 0.05) is 11.8 Å². The normalized spacial score (nSPS) is 11.2. The molecular formula is C18H12F3N3O8. The van der Waals surface area contributed by atoms with Crippen LogP contribution >= 0.6 is 0 Å². The van der Waals surface area contributed by atoms with Gasteiger partial charge in [-0.2, -0.15) is 0 Å². The van der Waals surface area contributed by atoms with Crippen LogP contribution in [0.15, 0.2) is 51.7 Å². The molecule has 0 spiro atoms. The molecule has 0 aliphatic rings. The molecule has 0 atom stereocenters. The van der Waals surface area contributed by atoms with E-state index >= 15 is 0 Å². The van der Waals surface area contributed by atoms with E-state index in [4.69, 9.17) is 9.15 Å². The van der Waals surface area contributed by atoms with Gasteiger partial charge in [-0.3, -0.25) is 24.3 Å². The minimum Gasteiger partial charge on any atom is -0.454 e. The molecule has 0 fully saturated rings. The highest BCUT2D eigenvalue weighted by Crippen LogP contribution is 2.24. The zero-order valence-electron chi connectivity index (χ0n) is 15.7. The number of non-ortho nitro benzene ring substituents is 1. The summed E-state index contributed by atoms with van der Waals surface area (Å²) in [6.45, 7) is -1.37. The van der Waals surface area contributed by atoms with Crippen LogP contribution in [-0.4, -0.2) is 34.3 Å². The summed E-state index contributed by atoms with van der Waals surface area (Å²) in [4.78, 5) is 45.9. The van der Waals surface area contributed by atoms with E-state index in [9.17, 15) is 37.7 Å². The number of carbonyl (C=O) groups excluding carboxylic acids is 2. The fourth-order valence-electron chi connectivity index (χ4n) is 2.58. The van der Waals surface area contributed by atoms with Crippen LogP contribution in [0.5, 0.6) is 5.75 Å². The molecule has 0 unspecified atom stereocenters. The van der Waals surface area contributed by atoms with Gasteiger partial charge in [-0.05, 0) is 30.3 Å². The Kier molecular flexibility index (Phi) is 6.13. The summed E-state index contributed by atoms with van der Waals surface area (Å²) in [5.74, 6) is -3.20. The molecule has 0 saturated heterocycles. The number of nitro groups is 1. The number of halogens is 3. The molecule has 1 heterocycles. The number of benzene rings is 2. The first-order valence-electron chi connectivity index (χ1n) is 8.61. The molecule has 32 heavy (non-hydrogen) atoms. The number of hydrogen-bond donors (Lipinski definition) is 1. The highest BCUT2D eigenvalue weighted by atomic mass is 19.4. The maximum atomic E-state index is 12.1. The predicted molar refractivity (Wildman–Crippen MR) is 99.8 cm³/mol. The number of fused-ring (bicyclic) bond motifs is 1. The van der Waals surface area contributed by atoms with Gasteiger partial charge in [0.25, 0.3) is 11.6 Å². The number of oxazole rings is 1. The Morgan fingerprint density at radius 2 is 1.84 bits per heavy atom. The average molecular weight is 455 g/mol. The van der Waals surface area contributed by atoms with E-state index in [1.807, 2.05) is 0 Å². The number of amides is 1. The number of nitrogens with zero attached hydrogens (tertiary/aromatic N) is 2. The van der Waals surface area contributed by atoms with E-state index in [1.54, 1.807) is 0 Å². The Bertz CT molecular complexity index is 1230. The molecule has 0 aliphatic heterocycles. The largest absolute Gasteiger partial charge is 0.573 e. The fraction of sp³-hybridized carbons (Fsp3) is 0.167. The third kappa shape index (κ3) is 5.62. The number of hydrogen-bond acceptors (Lipinski definition) is 8. The zero-order valence-corrected chi connectivity index (χ0v) is 15.7. The number of aromatic nitrogens is 1. The number of anilines is 1. The molecule has 0 bridgehead atoms. The van der Waals surface area contributed by atoms with Gasteiger partial charge in [-0.15, -0.1) is 13.2 Å². The van der Waals surface area contributed by atoms with Crippen molar-refractivity contribution in [1.82, 2.24) is 4.57 Å². The summed E-state index contributed by atoms with van der Waals surface area (Å²) in [6.07, 6.45) is -4.85. The van der Waals surface area contributed by atoms with E-state index in [0.717, 1.165) is 41.0 Å². The molecule has 0 saturated carbocycles. The summed E-state index contributed by atoms with van der Waals surface area (Å²) in [6, 6.07) is 7.64. The van der Waals surface area contributed by atoms with Crippen LogP contribution in [0.2, 0.25) is 0 Å². The molecule has 14 heteroatoms. The minimum absolute atomic E-state index is 0.104. The van der Waals surface area contributed by atoms with Gasteiger partial charge in [0.1, 0.15) is 12.3 Å². The maximum absolute atomic E-state index is 12.1. The van der Waals surface area contributed by atoms with Crippen molar-refractivity contribution in [3.05, 3.63) is 63.1 Å². The first kappa shape index (κ1) is 22.3. The van der Waals surface area contributed by atoms with Crippen molar-refractivity contribution in [3.8, 4) is 5.75 Å². The summed E-state index contributed by atoms with van der Waals surface area (Å²) in [7, 11) is 0. The molecule has 1 aromatic heterocycles. The molecule has 168 valence electrons. The maximum Gasteiger partial charge on any atom is 0.573 e. The molecule has 1 amide bonds. The standard InChI is InChI=1S/C18H12F3N3O8/c19-18(20,21)32-12-4-1-10(2-5-12)22-15(25)9-30-16(26)8-23-13-6-3-11(24(28)29)7-14(13)31-17(23)27/h1-7H,8-9H2,(H,22,25). The molecular weight excluding hydrogens is 443 g/mol. The zero-order chi connectivity index (χ0) is 23.5. The lowest BCUT2D eigenvalue weighted by Gasteiger charge is -2.10. The molecule has 3 rings (SSSR count). The van der Waals surface area contributed by atoms with Crippen LogP contribution in [0, 0.1) is 10.1 Å². The third-order valence-electron chi connectivity index (χ3n) is 3.89. The molecule has 0 radical (unpaired) electrons. The van der Waals surface area contributed by atoms with Crippen LogP contribution in [0.4, 0.5) is 24.5 Å². The second kappa shape index (κ2) is 8.79. The van der Waals surface area contributed by atoms with Gasteiger partial charge in [0.05, 0.1) is 16.5 Å². The van der Waals surface area contributed by atoms with Gasteiger partial charge in [-0.25, -0.2) is 4.79 Å². The summed E-state index contributed by atoms with van der Waals surface area (Å²) in [5, 5.41) is 13.1. The summed E-state index contributed by atoms with van der Waals surface area (Å²) < 4.78 is 50.6. The van der Waals surface area contributed by atoms with Crippen molar-refractivity contribution in [2.24, 2.45) is 0 Å². The number of rotatable bonds is 7. The Hall–Kier alpha value is -4.36. The molecule has 1 N–H and O–H groups in total. The van der Waals surface area contributed by atoms with Crippen LogP contribution in [0.25, 0.3) is 11.1 Å². The lowest BCUT2D eigenvalue weighted by Crippen LogP contribution is -2.25. The summed E-state index contributed by atoms with van der Waals surface area (Å²) >= 11 is 0. The number of carbonyl (C=O) groups is 2. The number of esters is 1. The van der Waals surface area contributed by atoms with Crippen LogP contribution in [0.1, 0.15) is 0 Å². The van der Waals surface area contributed by atoms with Crippen molar-refractivity contribution in [2.75, 3.05) is 11.9 Å². The first-order valence-corrected chi connectivity index (χ1v) is 8.61. The Balaban J connectivity index is 1.56. The van der Waals surface area contributed by atoms with E-state index < -0.39 is 47.8 Å². The van der Waals surface area contributed by atoms with Crippen molar-refractivity contribution in [3.63, 3.8) is 0 Å². The van der Waals surface area contributed by atoms with Crippen molar-refractivity contribution >= 4 is 34.4 Å². The Morgan fingerprint density at radius 3 is 2.47 bits per heavy atom. The van der Waals surface area contributed by atoms with Gasteiger partial charge >= 0.3 is 18.1 Å². The highest BCUT2D eigenvalue weighted by molar-refractivity contribution is 5.92. The van der Waals surface area contributed by atoms with E-state index in [-0.39, 0.29) is 22.5 Å². The summed E-state index contributed by atoms with van der Waals surface area (Å²) in [5.41, 5.74) is -0.175. The number of alkyl halides is 3. The fourth-order valence-corrected chi connectivity index (χ4v) is 2.58. The molecule has 0 aliphatic carbocycles. The predicted octanol–water partition coefficient (Wildman–Crippen LogP) is 2.58. The van der Waals surface area contributed by atoms with Gasteiger partial charge in [-0.1, -0.05) is 0 Å². The van der Waals surface area contributed by atoms with Crippen molar-refractivity contribution in [2.45, 2.75) is 12.9 Å². The van der Waals surface area contributed by atoms with Gasteiger partial charge in [0.15, 0.2) is 12.2 Å². The highest BCUT2D eigenvalue weighted by Gasteiger charge is 2.31. The van der Waals surface area contributed by atoms with E-state index in [1.165, 1.54) is 6.07 Å². The SMILES string of the molecule is O=C(COC(=O)Cn1c(=O)oc2cc([N+](=O)[O-])ccc21)Nc1ccc(OC(F)(F)F)cc1. The third-order valence-corrected chi connectivity index (χ3v) is 3.89. The molecule has 3 aromatic rings. The monoisotopic (exact) mass is 455 g/mol. The van der Waals surface area contributed by atoms with Crippen molar-refractivity contribution < 1.29 is 41.6 Å². The molecule has 11 nitrogen and oxygen atoms in total. The topological polar surface area (TPSA) is 143 Å². The first-order chi connectivity index (χ1) is 15.0. The van der Waals surface area contributed by atoms with Crippen LogP contribution in [-0.2, 0) is 20.9 Å². The van der Waals surface area contributed by atoms with Crippen LogP contribution < -0.4 is 15.8 Å². The lowest BCUT2D eigenvalue weighted by atomic mass is 10.3. The quantitative estimate of drug-likeness (QED) is 0.325. The number of ether oxygens (including phenoxy) is 2. The van der Waals surface area contributed by atoms with Crippen molar-refractivity contribution in [1.29, 1.82) is 0 Å². The van der Waals surface area contributed by atoms with Gasteiger partial charge < -0.3 is 19.2 Å². The minimum atomic E-state index is -4.85. The molecule has 2 aromatic carbocycles. The van der Waals surface area contributed by atoms with E-state index in [2.05, 4.69) is 10.1 Å². The number of nitrogens with one attached hydrogen (secondary N) is 1. The Labute approximate surface area is 175 Å².